The number of aryl methyl sites for hydroxylation is 1. The van der Waals surface area contributed by atoms with Gasteiger partial charge >= 0.3 is 0 Å². The van der Waals surface area contributed by atoms with Gasteiger partial charge in [0.1, 0.15) is 6.26 Å². The van der Waals surface area contributed by atoms with Gasteiger partial charge < -0.3 is 19.4 Å². The van der Waals surface area contributed by atoms with E-state index in [1.54, 1.807) is 6.26 Å². The number of aromatic nitrogens is 1. The second-order valence-electron chi connectivity index (χ2n) is 8.52. The first-order valence-electron chi connectivity index (χ1n) is 10.9. The largest absolute Gasteiger partial charge is 0.444 e. The number of nitrogens with one attached hydrogen (secondary N) is 1. The molecule has 0 amide bonds. The maximum Gasteiger partial charge on any atom is 0.226 e. The maximum atomic E-state index is 6.11. The predicted octanol–water partition coefficient (Wildman–Crippen LogP) is 3.89. The van der Waals surface area contributed by atoms with Crippen molar-refractivity contribution in [3.63, 3.8) is 0 Å². The number of likely N-dealkylation sites (tertiary alicyclic amines) is 1. The van der Waals surface area contributed by atoms with E-state index >= 15 is 0 Å². The molecule has 0 radical (unpaired) electrons. The number of hydrogen-bond donors (Lipinski definition) is 1. The number of fused-ring (bicyclic) bond motifs is 5. The van der Waals surface area contributed by atoms with E-state index in [1.165, 1.54) is 18.4 Å². The van der Waals surface area contributed by atoms with Crippen molar-refractivity contribution in [1.82, 2.24) is 15.2 Å². The van der Waals surface area contributed by atoms with E-state index < -0.39 is 0 Å². The Morgan fingerprint density at radius 3 is 2.53 bits per heavy atom. The third-order valence-corrected chi connectivity index (χ3v) is 6.57. The van der Waals surface area contributed by atoms with Crippen molar-refractivity contribution in [1.29, 1.82) is 0 Å². The fourth-order valence-corrected chi connectivity index (χ4v) is 5.09. The van der Waals surface area contributed by atoms with Crippen molar-refractivity contribution in [2.24, 2.45) is 16.8 Å². The van der Waals surface area contributed by atoms with Crippen molar-refractivity contribution in [3.8, 4) is 11.5 Å². The van der Waals surface area contributed by atoms with Crippen LogP contribution >= 0.6 is 24.0 Å². The van der Waals surface area contributed by atoms with Crippen LogP contribution in [0, 0.1) is 18.8 Å². The molecule has 3 fully saturated rings. The molecule has 4 atom stereocenters. The zero-order chi connectivity index (χ0) is 19.8. The first kappa shape index (κ1) is 21.6. The average molecular weight is 522 g/mol. The van der Waals surface area contributed by atoms with Crippen molar-refractivity contribution >= 4 is 29.9 Å². The smallest absolute Gasteiger partial charge is 0.226 e. The van der Waals surface area contributed by atoms with Crippen LogP contribution in [0.5, 0.6) is 0 Å². The van der Waals surface area contributed by atoms with Gasteiger partial charge in [-0.1, -0.05) is 17.7 Å². The first-order chi connectivity index (χ1) is 14.2. The monoisotopic (exact) mass is 522 g/mol. The summed E-state index contributed by atoms with van der Waals surface area (Å²) in [7, 11) is 0. The van der Waals surface area contributed by atoms with E-state index in [0.29, 0.717) is 36.5 Å². The third-order valence-electron chi connectivity index (χ3n) is 6.57. The van der Waals surface area contributed by atoms with Gasteiger partial charge in [0.05, 0.1) is 17.9 Å². The SMILES string of the molecule is CCNC(=NCCc1coc(-c2ccc(C)cc2)n1)N1CC2C3CCC(O3)C2C1.I. The first-order valence-corrected chi connectivity index (χ1v) is 10.9. The number of rotatable bonds is 5. The molecule has 162 valence electrons. The minimum absolute atomic E-state index is 0. The summed E-state index contributed by atoms with van der Waals surface area (Å²) in [6, 6.07) is 8.25. The Bertz CT molecular complexity index is 864. The fourth-order valence-electron chi connectivity index (χ4n) is 5.09. The third kappa shape index (κ3) is 4.23. The van der Waals surface area contributed by atoms with Gasteiger partial charge in [0.2, 0.25) is 5.89 Å². The molecule has 3 aliphatic rings. The highest BCUT2D eigenvalue weighted by Gasteiger charge is 2.53. The molecule has 1 aromatic carbocycles. The number of guanidine groups is 1. The van der Waals surface area contributed by atoms with Crippen molar-refractivity contribution < 1.29 is 9.15 Å². The second-order valence-corrected chi connectivity index (χ2v) is 8.52. The molecule has 2 aromatic rings. The van der Waals surface area contributed by atoms with Crippen LogP contribution in [0.15, 0.2) is 39.9 Å². The van der Waals surface area contributed by atoms with E-state index in [0.717, 1.165) is 43.3 Å². The van der Waals surface area contributed by atoms with Crippen LogP contribution in [0.3, 0.4) is 0 Å². The lowest BCUT2D eigenvalue weighted by atomic mass is 9.82. The number of benzene rings is 1. The zero-order valence-electron chi connectivity index (χ0n) is 17.7. The van der Waals surface area contributed by atoms with Gasteiger partial charge in [0, 0.05) is 50.0 Å². The highest BCUT2D eigenvalue weighted by Crippen LogP contribution is 2.47. The molecule has 0 saturated carbocycles. The van der Waals surface area contributed by atoms with Crippen LogP contribution in [-0.2, 0) is 11.2 Å². The van der Waals surface area contributed by atoms with Gasteiger partial charge in [-0.05, 0) is 38.8 Å². The summed E-state index contributed by atoms with van der Waals surface area (Å²) in [6.07, 6.45) is 5.97. The van der Waals surface area contributed by atoms with Crippen LogP contribution in [0.2, 0.25) is 0 Å². The van der Waals surface area contributed by atoms with E-state index in [-0.39, 0.29) is 24.0 Å². The van der Waals surface area contributed by atoms with Crippen LogP contribution < -0.4 is 5.32 Å². The van der Waals surface area contributed by atoms with Crippen LogP contribution in [0.25, 0.3) is 11.5 Å². The Balaban J connectivity index is 0.00000218. The molecule has 0 aliphatic carbocycles. The molecule has 3 saturated heterocycles. The Morgan fingerprint density at radius 2 is 1.87 bits per heavy atom. The highest BCUT2D eigenvalue weighted by molar-refractivity contribution is 14.0. The minimum atomic E-state index is 0. The minimum Gasteiger partial charge on any atom is -0.444 e. The number of oxazole rings is 1. The standard InChI is InChI=1S/C23H30N4O2.HI/c1-3-24-23(27-12-18-19(13-27)21-9-8-20(18)29-21)25-11-10-17-14-28-22(26-17)16-6-4-15(2)5-7-16;/h4-7,14,18-21H,3,8-13H2,1-2H3,(H,24,25);1H. The molecular formula is C23H31IN4O2. The lowest BCUT2D eigenvalue weighted by Crippen LogP contribution is -2.41. The van der Waals surface area contributed by atoms with Crippen molar-refractivity contribution in [2.45, 2.75) is 45.3 Å². The summed E-state index contributed by atoms with van der Waals surface area (Å²) in [6.45, 7) is 7.94. The van der Waals surface area contributed by atoms with Gasteiger partial charge in [-0.15, -0.1) is 24.0 Å². The van der Waals surface area contributed by atoms with E-state index in [2.05, 4.69) is 41.2 Å². The van der Waals surface area contributed by atoms with Crippen molar-refractivity contribution in [2.75, 3.05) is 26.2 Å². The number of halogens is 1. The molecule has 30 heavy (non-hydrogen) atoms. The summed E-state index contributed by atoms with van der Waals surface area (Å²) >= 11 is 0. The van der Waals surface area contributed by atoms with Gasteiger partial charge in [-0.3, -0.25) is 4.99 Å². The average Bonchev–Trinajstić information content (AvgIpc) is 3.49. The summed E-state index contributed by atoms with van der Waals surface area (Å²) in [4.78, 5) is 12.0. The van der Waals surface area contributed by atoms with Crippen molar-refractivity contribution in [3.05, 3.63) is 41.8 Å². The maximum absolute atomic E-state index is 6.11. The van der Waals surface area contributed by atoms with Gasteiger partial charge in [0.15, 0.2) is 5.96 Å². The summed E-state index contributed by atoms with van der Waals surface area (Å²) in [5.74, 6) is 3.08. The van der Waals surface area contributed by atoms with Gasteiger partial charge in [0.25, 0.3) is 0 Å². The van der Waals surface area contributed by atoms with Gasteiger partial charge in [-0.25, -0.2) is 4.98 Å². The number of ether oxygens (including phenoxy) is 1. The van der Waals surface area contributed by atoms with E-state index in [4.69, 9.17) is 14.1 Å². The molecule has 1 N–H and O–H groups in total. The Hall–Kier alpha value is -1.61. The Morgan fingerprint density at radius 1 is 1.17 bits per heavy atom. The van der Waals surface area contributed by atoms with Crippen LogP contribution in [0.4, 0.5) is 0 Å². The number of aliphatic imine (C=N–C) groups is 1. The molecule has 7 heteroatoms. The molecule has 0 spiro atoms. The summed E-state index contributed by atoms with van der Waals surface area (Å²) in [5.41, 5.74) is 3.19. The van der Waals surface area contributed by atoms with Crippen LogP contribution in [0.1, 0.15) is 31.0 Å². The summed E-state index contributed by atoms with van der Waals surface area (Å²) in [5, 5.41) is 3.48. The molecule has 4 heterocycles. The molecule has 4 unspecified atom stereocenters. The fraction of sp³-hybridized carbons (Fsp3) is 0.565. The number of nitrogens with zero attached hydrogens (tertiary/aromatic N) is 3. The molecule has 6 nitrogen and oxygen atoms in total. The molecule has 1 aromatic heterocycles. The highest BCUT2D eigenvalue weighted by atomic mass is 127. The summed E-state index contributed by atoms with van der Waals surface area (Å²) < 4.78 is 11.8. The lowest BCUT2D eigenvalue weighted by molar-refractivity contribution is 0.0767. The second kappa shape index (κ2) is 9.26. The Labute approximate surface area is 195 Å². The lowest BCUT2D eigenvalue weighted by Gasteiger charge is -2.23. The quantitative estimate of drug-likeness (QED) is 0.367. The molecule has 2 bridgehead atoms. The molecule has 3 aliphatic heterocycles. The van der Waals surface area contributed by atoms with E-state index in [9.17, 15) is 0 Å². The topological polar surface area (TPSA) is 62.9 Å². The van der Waals surface area contributed by atoms with E-state index in [1.807, 2.05) is 12.1 Å². The normalized spacial score (nSPS) is 27.3. The predicted molar refractivity (Wildman–Crippen MR) is 128 cm³/mol. The molecule has 5 rings (SSSR count). The Kier molecular flexibility index (Phi) is 6.67. The van der Waals surface area contributed by atoms with Gasteiger partial charge in [-0.2, -0.15) is 0 Å². The molecular weight excluding hydrogens is 491 g/mol. The number of hydrogen-bond acceptors (Lipinski definition) is 4. The van der Waals surface area contributed by atoms with Crippen LogP contribution in [-0.4, -0.2) is 54.2 Å². The zero-order valence-corrected chi connectivity index (χ0v) is 20.0.